The molecule has 16 heavy (non-hydrogen) atoms. The molecule has 1 amide bonds. The third-order valence-electron chi connectivity index (χ3n) is 1.93. The summed E-state index contributed by atoms with van der Waals surface area (Å²) in [7, 11) is 0. The van der Waals surface area contributed by atoms with Crippen molar-refractivity contribution >= 4 is 23.5 Å². The van der Waals surface area contributed by atoms with Gasteiger partial charge in [-0.25, -0.2) is 5.43 Å². The Morgan fingerprint density at radius 2 is 2.44 bits per heavy atom. The number of hydrogen-bond acceptors (Lipinski definition) is 3. The van der Waals surface area contributed by atoms with Crippen LogP contribution in [0.4, 0.5) is 0 Å². The van der Waals surface area contributed by atoms with Crippen LogP contribution >= 0.6 is 11.3 Å². The summed E-state index contributed by atoms with van der Waals surface area (Å²) in [4.78, 5) is 15.4. The van der Waals surface area contributed by atoms with Crippen LogP contribution in [0.1, 0.15) is 10.6 Å². The number of hydrogen-bond donors (Lipinski definition) is 2. The number of amides is 1. The van der Waals surface area contributed by atoms with Gasteiger partial charge in [-0.15, -0.1) is 11.3 Å². The number of nitrogens with one attached hydrogen (secondary N) is 2. The molecule has 0 fully saturated rings. The van der Waals surface area contributed by atoms with E-state index in [1.165, 1.54) is 0 Å². The topological polar surface area (TPSA) is 57.2 Å². The van der Waals surface area contributed by atoms with Crippen molar-refractivity contribution in [1.29, 1.82) is 0 Å². The molecule has 0 aliphatic carbocycles. The second kappa shape index (κ2) is 5.27. The Kier molecular flexibility index (Phi) is 3.50. The van der Waals surface area contributed by atoms with Crippen LogP contribution in [-0.2, 0) is 11.2 Å². The summed E-state index contributed by atoms with van der Waals surface area (Å²) in [5.74, 6) is -0.106. The first-order chi connectivity index (χ1) is 7.84. The van der Waals surface area contributed by atoms with Gasteiger partial charge in [-0.3, -0.25) is 4.79 Å². The molecule has 0 atom stereocenters. The first-order valence-corrected chi connectivity index (χ1v) is 5.70. The fraction of sp³-hybridized carbons (Fsp3) is 0.0909. The summed E-state index contributed by atoms with van der Waals surface area (Å²) in [6.45, 7) is 0. The Morgan fingerprint density at radius 1 is 1.50 bits per heavy atom. The van der Waals surface area contributed by atoms with E-state index in [0.717, 1.165) is 10.6 Å². The molecule has 2 N–H and O–H groups in total. The minimum Gasteiger partial charge on any atom is -0.360 e. The highest BCUT2D eigenvalue weighted by Crippen LogP contribution is 2.08. The fourth-order valence-electron chi connectivity index (χ4n) is 1.21. The van der Waals surface area contributed by atoms with Gasteiger partial charge < -0.3 is 4.98 Å². The predicted molar refractivity (Wildman–Crippen MR) is 64.6 cm³/mol. The number of rotatable bonds is 4. The molecule has 2 aromatic rings. The molecule has 0 radical (unpaired) electrons. The Bertz CT molecular complexity index is 459. The molecule has 0 aliphatic heterocycles. The standard InChI is InChI=1S/C11H11N3OS/c15-11(7-10-4-2-6-16-10)14-13-8-9-3-1-5-12-9/h1-6,8,12H,7H2,(H,14,15). The first kappa shape index (κ1) is 10.6. The summed E-state index contributed by atoms with van der Waals surface area (Å²) >= 11 is 1.56. The van der Waals surface area contributed by atoms with Gasteiger partial charge in [0.05, 0.1) is 18.3 Å². The number of nitrogens with zero attached hydrogens (tertiary/aromatic N) is 1. The maximum atomic E-state index is 11.4. The predicted octanol–water partition coefficient (Wildman–Crippen LogP) is 1.77. The van der Waals surface area contributed by atoms with Gasteiger partial charge in [-0.2, -0.15) is 5.10 Å². The lowest BCUT2D eigenvalue weighted by atomic mass is 10.3. The highest BCUT2D eigenvalue weighted by Gasteiger charge is 2.01. The van der Waals surface area contributed by atoms with Gasteiger partial charge in [0.15, 0.2) is 0 Å². The molecule has 2 heterocycles. The molecule has 0 unspecified atom stereocenters. The average Bonchev–Trinajstić information content (AvgIpc) is 2.90. The van der Waals surface area contributed by atoms with Crippen molar-refractivity contribution in [3.05, 3.63) is 46.4 Å². The van der Waals surface area contributed by atoms with Gasteiger partial charge in [-0.1, -0.05) is 6.07 Å². The van der Waals surface area contributed by atoms with Gasteiger partial charge in [0, 0.05) is 11.1 Å². The van der Waals surface area contributed by atoms with E-state index in [1.54, 1.807) is 23.7 Å². The summed E-state index contributed by atoms with van der Waals surface area (Å²) in [6, 6.07) is 7.60. The summed E-state index contributed by atoms with van der Waals surface area (Å²) in [5.41, 5.74) is 3.33. The molecule has 82 valence electrons. The quantitative estimate of drug-likeness (QED) is 0.613. The number of hydrazone groups is 1. The molecule has 0 saturated heterocycles. The molecular weight excluding hydrogens is 222 g/mol. The molecule has 5 heteroatoms. The molecule has 0 aromatic carbocycles. The van der Waals surface area contributed by atoms with Gasteiger partial charge in [0.25, 0.3) is 0 Å². The van der Waals surface area contributed by atoms with E-state index in [4.69, 9.17) is 0 Å². The van der Waals surface area contributed by atoms with Crippen molar-refractivity contribution in [2.24, 2.45) is 5.10 Å². The van der Waals surface area contributed by atoms with E-state index in [9.17, 15) is 4.79 Å². The normalized spacial score (nSPS) is 10.8. The minimum atomic E-state index is -0.106. The molecule has 0 saturated carbocycles. The van der Waals surface area contributed by atoms with Crippen molar-refractivity contribution in [3.63, 3.8) is 0 Å². The smallest absolute Gasteiger partial charge is 0.245 e. The van der Waals surface area contributed by atoms with Gasteiger partial charge in [-0.05, 0) is 23.6 Å². The number of thiophene rings is 1. The lowest BCUT2D eigenvalue weighted by molar-refractivity contribution is -0.120. The zero-order valence-corrected chi connectivity index (χ0v) is 9.33. The molecule has 2 rings (SSSR count). The van der Waals surface area contributed by atoms with Crippen LogP contribution in [0.2, 0.25) is 0 Å². The maximum absolute atomic E-state index is 11.4. The van der Waals surface area contributed by atoms with Crippen LogP contribution in [0.15, 0.2) is 40.9 Å². The van der Waals surface area contributed by atoms with Gasteiger partial charge >= 0.3 is 0 Å². The third-order valence-corrected chi connectivity index (χ3v) is 2.81. The lowest BCUT2D eigenvalue weighted by Crippen LogP contribution is -2.19. The Morgan fingerprint density at radius 3 is 3.12 bits per heavy atom. The van der Waals surface area contributed by atoms with Crippen LogP contribution in [0.3, 0.4) is 0 Å². The van der Waals surface area contributed by atoms with Crippen LogP contribution in [0, 0.1) is 0 Å². The number of H-pyrrole nitrogens is 1. The monoisotopic (exact) mass is 233 g/mol. The first-order valence-electron chi connectivity index (χ1n) is 4.82. The summed E-state index contributed by atoms with van der Waals surface area (Å²) in [6.07, 6.45) is 3.75. The van der Waals surface area contributed by atoms with E-state index >= 15 is 0 Å². The minimum absolute atomic E-state index is 0.106. The van der Waals surface area contributed by atoms with Crippen LogP contribution in [0.25, 0.3) is 0 Å². The van der Waals surface area contributed by atoms with Crippen molar-refractivity contribution in [2.45, 2.75) is 6.42 Å². The molecular formula is C11H11N3OS. The summed E-state index contributed by atoms with van der Waals surface area (Å²) in [5, 5.41) is 5.79. The maximum Gasteiger partial charge on any atom is 0.245 e. The molecule has 4 nitrogen and oxygen atoms in total. The SMILES string of the molecule is O=C(Cc1cccs1)NN=Cc1ccc[nH]1. The van der Waals surface area contributed by atoms with E-state index in [2.05, 4.69) is 15.5 Å². The van der Waals surface area contributed by atoms with Crippen LogP contribution in [-0.4, -0.2) is 17.1 Å². The van der Waals surface area contributed by atoms with Gasteiger partial charge in [0.2, 0.25) is 5.91 Å². The van der Waals surface area contributed by atoms with Crippen LogP contribution < -0.4 is 5.43 Å². The molecule has 0 aliphatic rings. The highest BCUT2D eigenvalue weighted by atomic mass is 32.1. The van der Waals surface area contributed by atoms with Gasteiger partial charge in [0.1, 0.15) is 0 Å². The third kappa shape index (κ3) is 3.06. The van der Waals surface area contributed by atoms with Crippen molar-refractivity contribution in [3.8, 4) is 0 Å². The van der Waals surface area contributed by atoms with Crippen LogP contribution in [0.5, 0.6) is 0 Å². The zero-order chi connectivity index (χ0) is 11.2. The molecule has 2 aromatic heterocycles. The number of aromatic nitrogens is 1. The highest BCUT2D eigenvalue weighted by molar-refractivity contribution is 7.10. The molecule has 0 spiro atoms. The molecule has 0 bridgehead atoms. The fourth-order valence-corrected chi connectivity index (χ4v) is 1.91. The largest absolute Gasteiger partial charge is 0.360 e. The van der Waals surface area contributed by atoms with E-state index in [0.29, 0.717) is 6.42 Å². The second-order valence-electron chi connectivity index (χ2n) is 3.17. The summed E-state index contributed by atoms with van der Waals surface area (Å²) < 4.78 is 0. The van der Waals surface area contributed by atoms with Crippen molar-refractivity contribution in [1.82, 2.24) is 10.4 Å². The Labute approximate surface area is 97.0 Å². The number of aromatic amines is 1. The van der Waals surface area contributed by atoms with Crippen molar-refractivity contribution in [2.75, 3.05) is 0 Å². The van der Waals surface area contributed by atoms with E-state index in [1.807, 2.05) is 29.6 Å². The average molecular weight is 233 g/mol. The number of carbonyl (C=O) groups excluding carboxylic acids is 1. The Balaban J connectivity index is 1.80. The van der Waals surface area contributed by atoms with E-state index < -0.39 is 0 Å². The lowest BCUT2D eigenvalue weighted by Gasteiger charge is -1.96. The van der Waals surface area contributed by atoms with E-state index in [-0.39, 0.29) is 5.91 Å². The Hall–Kier alpha value is -1.88. The zero-order valence-electron chi connectivity index (χ0n) is 8.51. The second-order valence-corrected chi connectivity index (χ2v) is 4.21. The number of carbonyl (C=O) groups is 1. The van der Waals surface area contributed by atoms with Crippen molar-refractivity contribution < 1.29 is 4.79 Å².